The number of likely N-dealkylation sites (N-methyl/N-ethyl adjacent to an activating group) is 1. The number of hydrogen-bond donors (Lipinski definition) is 1. The second kappa shape index (κ2) is 9.83. The zero-order chi connectivity index (χ0) is 23.6. The number of nitrogens with zero attached hydrogens (tertiary/aromatic N) is 3. The Balaban J connectivity index is 1.45. The molecule has 33 heavy (non-hydrogen) atoms. The molecule has 0 saturated carbocycles. The predicted molar refractivity (Wildman–Crippen MR) is 132 cm³/mol. The minimum atomic E-state index is -3.72. The third-order valence-corrected chi connectivity index (χ3v) is 8.71. The lowest BCUT2D eigenvalue weighted by Crippen LogP contribution is -2.46. The van der Waals surface area contributed by atoms with Gasteiger partial charge >= 0.3 is 0 Å². The molecule has 178 valence electrons. The van der Waals surface area contributed by atoms with Crippen LogP contribution >= 0.6 is 0 Å². The van der Waals surface area contributed by atoms with Gasteiger partial charge in [-0.1, -0.05) is 24.6 Å². The fourth-order valence-electron chi connectivity index (χ4n) is 4.66. The molecule has 0 aliphatic carbocycles. The van der Waals surface area contributed by atoms with E-state index in [1.165, 1.54) is 4.31 Å². The Morgan fingerprint density at radius 3 is 2.33 bits per heavy atom. The largest absolute Gasteiger partial charge is 0.369 e. The van der Waals surface area contributed by atoms with Gasteiger partial charge in [0.05, 0.1) is 4.90 Å². The highest BCUT2D eigenvalue weighted by atomic mass is 32.2. The number of nitrogens with one attached hydrogen (secondary N) is 1. The average molecular weight is 471 g/mol. The van der Waals surface area contributed by atoms with E-state index < -0.39 is 16.1 Å². The third kappa shape index (κ3) is 5.08. The molecule has 2 saturated heterocycles. The number of hydrogen-bond acceptors (Lipinski definition) is 5. The Kier molecular flexibility index (Phi) is 7.07. The van der Waals surface area contributed by atoms with E-state index >= 15 is 0 Å². The molecule has 2 aliphatic heterocycles. The first-order valence-electron chi connectivity index (χ1n) is 11.8. The zero-order valence-electron chi connectivity index (χ0n) is 19.8. The van der Waals surface area contributed by atoms with E-state index in [9.17, 15) is 13.2 Å². The fraction of sp³-hybridized carbons (Fsp3) is 0.480. The van der Waals surface area contributed by atoms with Crippen molar-refractivity contribution in [3.05, 3.63) is 53.6 Å². The van der Waals surface area contributed by atoms with Crippen LogP contribution in [-0.4, -0.2) is 68.8 Å². The normalized spacial score (nSPS) is 20.2. The van der Waals surface area contributed by atoms with E-state index in [0.29, 0.717) is 19.4 Å². The lowest BCUT2D eigenvalue weighted by molar-refractivity contribution is -0.119. The SMILES string of the molecule is CCN1CCN(c2ccc(NC(=O)C3CCCN3S(=O)(=O)c3ccc(C)cc3)c(C)c2)CC1. The monoisotopic (exact) mass is 470 g/mol. The van der Waals surface area contributed by atoms with Crippen molar-refractivity contribution in [3.8, 4) is 0 Å². The number of piperazine rings is 1. The molecular weight excluding hydrogens is 436 g/mol. The standard InChI is InChI=1S/C25H34N4O3S/c1-4-27-14-16-28(17-15-27)21-9-12-23(20(3)18-21)26-25(30)24-6-5-13-29(24)33(31,32)22-10-7-19(2)8-11-22/h7-12,18,24H,4-6,13-17H2,1-3H3,(H,26,30). The smallest absolute Gasteiger partial charge is 0.243 e. The Hall–Kier alpha value is -2.42. The zero-order valence-corrected chi connectivity index (χ0v) is 20.6. The summed E-state index contributed by atoms with van der Waals surface area (Å²) in [6.07, 6.45) is 1.20. The molecule has 0 radical (unpaired) electrons. The second-order valence-corrected chi connectivity index (χ2v) is 10.9. The Morgan fingerprint density at radius 2 is 1.70 bits per heavy atom. The Bertz CT molecular complexity index is 1090. The summed E-state index contributed by atoms with van der Waals surface area (Å²) < 4.78 is 27.7. The van der Waals surface area contributed by atoms with Gasteiger partial charge in [0.15, 0.2) is 0 Å². The highest BCUT2D eigenvalue weighted by molar-refractivity contribution is 7.89. The van der Waals surface area contributed by atoms with Crippen LogP contribution in [0.5, 0.6) is 0 Å². The van der Waals surface area contributed by atoms with Gasteiger partial charge in [0.2, 0.25) is 15.9 Å². The van der Waals surface area contributed by atoms with Gasteiger partial charge < -0.3 is 15.1 Å². The summed E-state index contributed by atoms with van der Waals surface area (Å²) in [5, 5.41) is 2.99. The van der Waals surface area contributed by atoms with Gasteiger partial charge in [-0.15, -0.1) is 0 Å². The van der Waals surface area contributed by atoms with Crippen LogP contribution in [0.25, 0.3) is 0 Å². The van der Waals surface area contributed by atoms with Crippen LogP contribution in [0.4, 0.5) is 11.4 Å². The van der Waals surface area contributed by atoms with Crippen molar-refractivity contribution in [2.75, 3.05) is 49.5 Å². The number of sulfonamides is 1. The van der Waals surface area contributed by atoms with Crippen molar-refractivity contribution in [1.29, 1.82) is 0 Å². The van der Waals surface area contributed by atoms with Gasteiger partial charge in [-0.05, 0) is 69.1 Å². The molecule has 1 amide bonds. The number of carbonyl (C=O) groups is 1. The van der Waals surface area contributed by atoms with Crippen LogP contribution < -0.4 is 10.2 Å². The second-order valence-electron chi connectivity index (χ2n) is 9.00. The molecule has 2 fully saturated rings. The van der Waals surface area contributed by atoms with Crippen LogP contribution in [0.2, 0.25) is 0 Å². The highest BCUT2D eigenvalue weighted by Gasteiger charge is 2.39. The topological polar surface area (TPSA) is 73.0 Å². The summed E-state index contributed by atoms with van der Waals surface area (Å²) in [5.41, 5.74) is 3.86. The van der Waals surface area contributed by atoms with E-state index in [1.807, 2.05) is 26.0 Å². The molecule has 2 aliphatic rings. The van der Waals surface area contributed by atoms with Crippen molar-refractivity contribution in [2.24, 2.45) is 0 Å². The number of benzene rings is 2. The first-order chi connectivity index (χ1) is 15.8. The fourth-order valence-corrected chi connectivity index (χ4v) is 6.32. The van der Waals surface area contributed by atoms with Gasteiger partial charge in [-0.25, -0.2) is 8.42 Å². The van der Waals surface area contributed by atoms with Crippen molar-refractivity contribution in [1.82, 2.24) is 9.21 Å². The molecule has 7 nitrogen and oxygen atoms in total. The summed E-state index contributed by atoms with van der Waals surface area (Å²) in [6, 6.07) is 12.2. The van der Waals surface area contributed by atoms with E-state index in [2.05, 4.69) is 28.1 Å². The van der Waals surface area contributed by atoms with E-state index in [4.69, 9.17) is 0 Å². The maximum Gasteiger partial charge on any atom is 0.243 e. The Morgan fingerprint density at radius 1 is 1.00 bits per heavy atom. The highest BCUT2D eigenvalue weighted by Crippen LogP contribution is 2.29. The molecule has 1 atom stereocenters. The molecule has 2 aromatic carbocycles. The van der Waals surface area contributed by atoms with Crippen LogP contribution in [0, 0.1) is 13.8 Å². The number of rotatable bonds is 6. The van der Waals surface area contributed by atoms with Crippen LogP contribution in [0.3, 0.4) is 0 Å². The van der Waals surface area contributed by atoms with Gasteiger partial charge in [-0.2, -0.15) is 4.31 Å². The molecule has 0 aromatic heterocycles. The molecule has 4 rings (SSSR count). The van der Waals surface area contributed by atoms with E-state index in [1.54, 1.807) is 24.3 Å². The first kappa shape index (κ1) is 23.7. The number of aryl methyl sites for hydroxylation is 2. The molecule has 2 heterocycles. The van der Waals surface area contributed by atoms with Crippen LogP contribution in [0.1, 0.15) is 30.9 Å². The van der Waals surface area contributed by atoms with Crippen molar-refractivity contribution in [2.45, 2.75) is 44.6 Å². The summed E-state index contributed by atoms with van der Waals surface area (Å²) in [6.45, 7) is 11.6. The first-order valence-corrected chi connectivity index (χ1v) is 13.2. The molecule has 1 N–H and O–H groups in total. The van der Waals surface area contributed by atoms with Crippen molar-refractivity contribution >= 4 is 27.3 Å². The minimum Gasteiger partial charge on any atom is -0.369 e. The lowest BCUT2D eigenvalue weighted by atomic mass is 10.1. The number of amides is 1. The van der Waals surface area contributed by atoms with Crippen molar-refractivity contribution < 1.29 is 13.2 Å². The van der Waals surface area contributed by atoms with Gasteiger partial charge in [0.1, 0.15) is 6.04 Å². The van der Waals surface area contributed by atoms with Crippen LogP contribution in [-0.2, 0) is 14.8 Å². The molecule has 8 heteroatoms. The maximum atomic E-state index is 13.2. The maximum absolute atomic E-state index is 13.2. The van der Waals surface area contributed by atoms with E-state index in [0.717, 1.165) is 55.2 Å². The van der Waals surface area contributed by atoms with E-state index in [-0.39, 0.29) is 10.8 Å². The summed E-state index contributed by atoms with van der Waals surface area (Å²) in [4.78, 5) is 18.2. The summed E-state index contributed by atoms with van der Waals surface area (Å²) in [5.74, 6) is -0.268. The number of carbonyl (C=O) groups excluding carboxylic acids is 1. The minimum absolute atomic E-state index is 0.233. The van der Waals surface area contributed by atoms with Crippen molar-refractivity contribution in [3.63, 3.8) is 0 Å². The molecule has 2 aromatic rings. The summed E-state index contributed by atoms with van der Waals surface area (Å²) in [7, 11) is -3.72. The quantitative estimate of drug-likeness (QED) is 0.702. The third-order valence-electron chi connectivity index (χ3n) is 6.79. The summed E-state index contributed by atoms with van der Waals surface area (Å²) >= 11 is 0. The van der Waals surface area contributed by atoms with Gasteiger partial charge in [-0.3, -0.25) is 4.79 Å². The van der Waals surface area contributed by atoms with Gasteiger partial charge in [0.25, 0.3) is 0 Å². The lowest BCUT2D eigenvalue weighted by Gasteiger charge is -2.35. The number of anilines is 2. The molecule has 0 spiro atoms. The predicted octanol–water partition coefficient (Wildman–Crippen LogP) is 3.24. The molecular formula is C25H34N4O3S. The molecule has 1 unspecified atom stereocenters. The van der Waals surface area contributed by atoms with Crippen LogP contribution in [0.15, 0.2) is 47.4 Å². The molecule has 0 bridgehead atoms. The Labute approximate surface area is 197 Å². The van der Waals surface area contributed by atoms with Gasteiger partial charge in [0, 0.05) is 44.1 Å². The average Bonchev–Trinajstić information content (AvgIpc) is 3.32.